The van der Waals surface area contributed by atoms with E-state index >= 15 is 0 Å². The molecule has 2 amide bonds. The van der Waals surface area contributed by atoms with Crippen molar-refractivity contribution >= 4 is 11.7 Å². The van der Waals surface area contributed by atoms with E-state index in [4.69, 9.17) is 0 Å². The van der Waals surface area contributed by atoms with Crippen molar-refractivity contribution in [3.05, 3.63) is 29.8 Å². The van der Waals surface area contributed by atoms with Crippen LogP contribution in [0.5, 0.6) is 0 Å². The topological polar surface area (TPSA) is 53.2 Å². The molecule has 94 valence electrons. The molecule has 4 nitrogen and oxygen atoms in total. The summed E-state index contributed by atoms with van der Waals surface area (Å²) in [6.45, 7) is 6.62. The number of urea groups is 1. The van der Waals surface area contributed by atoms with Gasteiger partial charge in [-0.3, -0.25) is 0 Å². The molecule has 0 bridgehead atoms. The van der Waals surface area contributed by atoms with Crippen molar-refractivity contribution in [3.63, 3.8) is 0 Å². The van der Waals surface area contributed by atoms with E-state index in [0.717, 1.165) is 25.2 Å². The van der Waals surface area contributed by atoms with Crippen molar-refractivity contribution in [2.75, 3.05) is 18.4 Å². The van der Waals surface area contributed by atoms with Crippen LogP contribution >= 0.6 is 0 Å². The summed E-state index contributed by atoms with van der Waals surface area (Å²) in [6, 6.07) is 7.71. The lowest BCUT2D eigenvalue weighted by molar-refractivity contribution is 0.252. The van der Waals surface area contributed by atoms with Crippen LogP contribution in [-0.4, -0.2) is 19.1 Å². The van der Waals surface area contributed by atoms with E-state index in [9.17, 15) is 4.79 Å². The summed E-state index contributed by atoms with van der Waals surface area (Å²) < 4.78 is 0. The Hall–Kier alpha value is -1.55. The molecule has 0 heterocycles. The highest BCUT2D eigenvalue weighted by Crippen LogP contribution is 2.09. The highest BCUT2D eigenvalue weighted by atomic mass is 16.2. The fraction of sp³-hybridized carbons (Fsp3) is 0.462. The van der Waals surface area contributed by atoms with Crippen LogP contribution in [0.4, 0.5) is 10.5 Å². The minimum Gasteiger partial charge on any atom is -0.338 e. The summed E-state index contributed by atoms with van der Waals surface area (Å²) in [6.07, 6.45) is 0.940. The van der Waals surface area contributed by atoms with Gasteiger partial charge in [0.15, 0.2) is 0 Å². The summed E-state index contributed by atoms with van der Waals surface area (Å²) >= 11 is 0. The number of benzene rings is 1. The Labute approximate surface area is 103 Å². The fourth-order valence-electron chi connectivity index (χ4n) is 1.39. The van der Waals surface area contributed by atoms with Gasteiger partial charge in [0.25, 0.3) is 0 Å². The SMILES string of the molecule is CCCNC(=O)Nc1ccc(CNCC)cc1. The lowest BCUT2D eigenvalue weighted by atomic mass is 10.2. The number of rotatable bonds is 6. The van der Waals surface area contributed by atoms with Gasteiger partial charge in [-0.2, -0.15) is 0 Å². The number of carbonyl (C=O) groups excluding carboxylic acids is 1. The third kappa shape index (κ3) is 5.36. The van der Waals surface area contributed by atoms with Crippen LogP contribution in [0.3, 0.4) is 0 Å². The Kier molecular flexibility index (Phi) is 6.10. The van der Waals surface area contributed by atoms with Gasteiger partial charge in [0, 0.05) is 18.8 Å². The fourth-order valence-corrected chi connectivity index (χ4v) is 1.39. The summed E-state index contributed by atoms with van der Waals surface area (Å²) in [5, 5.41) is 8.81. The van der Waals surface area contributed by atoms with E-state index in [1.54, 1.807) is 0 Å². The van der Waals surface area contributed by atoms with Gasteiger partial charge < -0.3 is 16.0 Å². The van der Waals surface area contributed by atoms with Crippen LogP contribution in [0.2, 0.25) is 0 Å². The highest BCUT2D eigenvalue weighted by molar-refractivity contribution is 5.89. The molecule has 0 radical (unpaired) electrons. The van der Waals surface area contributed by atoms with Crippen LogP contribution in [-0.2, 0) is 6.54 Å². The Morgan fingerprint density at radius 2 is 1.88 bits per heavy atom. The predicted molar refractivity (Wildman–Crippen MR) is 71.1 cm³/mol. The van der Waals surface area contributed by atoms with Crippen molar-refractivity contribution in [2.45, 2.75) is 26.8 Å². The summed E-state index contributed by atoms with van der Waals surface area (Å²) in [5.41, 5.74) is 2.03. The smallest absolute Gasteiger partial charge is 0.319 e. The molecule has 0 spiro atoms. The van der Waals surface area contributed by atoms with Gasteiger partial charge in [-0.25, -0.2) is 4.79 Å². The molecule has 0 unspecified atom stereocenters. The molecular weight excluding hydrogens is 214 g/mol. The van der Waals surface area contributed by atoms with E-state index in [1.165, 1.54) is 5.56 Å². The van der Waals surface area contributed by atoms with Crippen molar-refractivity contribution in [3.8, 4) is 0 Å². The summed E-state index contributed by atoms with van der Waals surface area (Å²) in [4.78, 5) is 11.4. The van der Waals surface area contributed by atoms with Gasteiger partial charge in [-0.05, 0) is 30.7 Å². The molecule has 0 saturated carbocycles. The summed E-state index contributed by atoms with van der Waals surface area (Å²) in [7, 11) is 0. The molecule has 17 heavy (non-hydrogen) atoms. The van der Waals surface area contributed by atoms with E-state index in [1.807, 2.05) is 31.2 Å². The van der Waals surface area contributed by atoms with Crippen molar-refractivity contribution in [2.24, 2.45) is 0 Å². The van der Waals surface area contributed by atoms with Gasteiger partial charge in [0.05, 0.1) is 0 Å². The van der Waals surface area contributed by atoms with E-state index < -0.39 is 0 Å². The largest absolute Gasteiger partial charge is 0.338 e. The molecule has 1 aromatic carbocycles. The molecule has 0 saturated heterocycles. The quantitative estimate of drug-likeness (QED) is 0.709. The molecule has 0 aliphatic heterocycles. The minimum absolute atomic E-state index is 0.147. The molecule has 0 atom stereocenters. The zero-order valence-electron chi connectivity index (χ0n) is 10.5. The first-order valence-electron chi connectivity index (χ1n) is 6.10. The van der Waals surface area contributed by atoms with Gasteiger partial charge in [-0.15, -0.1) is 0 Å². The normalized spacial score (nSPS) is 10.0. The second kappa shape index (κ2) is 7.68. The van der Waals surface area contributed by atoms with E-state index in [0.29, 0.717) is 6.54 Å². The standard InChI is InChI=1S/C13H21N3O/c1-3-9-15-13(17)16-12-7-5-11(6-8-12)10-14-4-2/h5-8,14H,3-4,9-10H2,1-2H3,(H2,15,16,17). The third-order valence-electron chi connectivity index (χ3n) is 2.33. The number of anilines is 1. The van der Waals surface area contributed by atoms with Gasteiger partial charge in [0.2, 0.25) is 0 Å². The van der Waals surface area contributed by atoms with Crippen molar-refractivity contribution < 1.29 is 4.79 Å². The van der Waals surface area contributed by atoms with Crippen LogP contribution in [0, 0.1) is 0 Å². The van der Waals surface area contributed by atoms with E-state index in [2.05, 4.69) is 22.9 Å². The minimum atomic E-state index is -0.147. The van der Waals surface area contributed by atoms with Crippen LogP contribution in [0.15, 0.2) is 24.3 Å². The van der Waals surface area contributed by atoms with E-state index in [-0.39, 0.29) is 6.03 Å². The number of hydrogen-bond donors (Lipinski definition) is 3. The second-order valence-electron chi connectivity index (χ2n) is 3.86. The number of hydrogen-bond acceptors (Lipinski definition) is 2. The first-order valence-corrected chi connectivity index (χ1v) is 6.10. The molecule has 0 aromatic heterocycles. The molecule has 4 heteroatoms. The third-order valence-corrected chi connectivity index (χ3v) is 2.33. The maximum absolute atomic E-state index is 11.4. The van der Waals surface area contributed by atoms with Crippen molar-refractivity contribution in [1.82, 2.24) is 10.6 Å². The first-order chi connectivity index (χ1) is 8.26. The van der Waals surface area contributed by atoms with Crippen LogP contribution < -0.4 is 16.0 Å². The average Bonchev–Trinajstić information content (AvgIpc) is 2.35. The monoisotopic (exact) mass is 235 g/mol. The lowest BCUT2D eigenvalue weighted by Crippen LogP contribution is -2.29. The number of amides is 2. The van der Waals surface area contributed by atoms with Gasteiger partial charge in [0.1, 0.15) is 0 Å². The highest BCUT2D eigenvalue weighted by Gasteiger charge is 1.99. The lowest BCUT2D eigenvalue weighted by Gasteiger charge is -2.07. The van der Waals surface area contributed by atoms with Crippen LogP contribution in [0.1, 0.15) is 25.8 Å². The number of carbonyl (C=O) groups is 1. The maximum atomic E-state index is 11.4. The molecule has 0 aliphatic carbocycles. The molecular formula is C13H21N3O. The molecule has 1 aromatic rings. The number of nitrogens with one attached hydrogen (secondary N) is 3. The Bertz CT molecular complexity index is 335. The zero-order chi connectivity index (χ0) is 12.5. The average molecular weight is 235 g/mol. The van der Waals surface area contributed by atoms with Crippen molar-refractivity contribution in [1.29, 1.82) is 0 Å². The maximum Gasteiger partial charge on any atom is 0.319 e. The molecule has 0 aliphatic rings. The first kappa shape index (κ1) is 13.5. The molecule has 1 rings (SSSR count). The molecule has 3 N–H and O–H groups in total. The van der Waals surface area contributed by atoms with Gasteiger partial charge >= 0.3 is 6.03 Å². The summed E-state index contributed by atoms with van der Waals surface area (Å²) in [5.74, 6) is 0. The second-order valence-corrected chi connectivity index (χ2v) is 3.86. The van der Waals surface area contributed by atoms with Gasteiger partial charge in [-0.1, -0.05) is 26.0 Å². The molecule has 0 fully saturated rings. The Morgan fingerprint density at radius 1 is 1.18 bits per heavy atom. The van der Waals surface area contributed by atoms with Crippen LogP contribution in [0.25, 0.3) is 0 Å². The Balaban J connectivity index is 2.42. The predicted octanol–water partition coefficient (Wildman–Crippen LogP) is 2.33. The zero-order valence-corrected chi connectivity index (χ0v) is 10.5. The Morgan fingerprint density at radius 3 is 2.47 bits per heavy atom.